The van der Waals surface area contributed by atoms with Gasteiger partial charge in [0.05, 0.1) is 19.9 Å². The van der Waals surface area contributed by atoms with Crippen LogP contribution >= 0.6 is 0 Å². The lowest BCUT2D eigenvalue weighted by Gasteiger charge is -2.11. The molecule has 0 fully saturated rings. The third-order valence-electron chi connectivity index (χ3n) is 2.25. The van der Waals surface area contributed by atoms with Gasteiger partial charge >= 0.3 is 0 Å². The van der Waals surface area contributed by atoms with Crippen LogP contribution in [0, 0.1) is 0 Å². The van der Waals surface area contributed by atoms with Crippen molar-refractivity contribution in [1.29, 1.82) is 0 Å². The molecule has 1 aromatic heterocycles. The lowest BCUT2D eigenvalue weighted by atomic mass is 10.2. The maximum Gasteiger partial charge on any atom is 0.169 e. The Kier molecular flexibility index (Phi) is 3.90. The molecule has 0 radical (unpaired) electrons. The van der Waals surface area contributed by atoms with Crippen LogP contribution in [0.3, 0.4) is 0 Å². The normalized spacial score (nSPS) is 10.8. The van der Waals surface area contributed by atoms with E-state index in [4.69, 9.17) is 9.47 Å². The second kappa shape index (κ2) is 5.81. The number of methoxy groups -OCH3 is 1. The summed E-state index contributed by atoms with van der Waals surface area (Å²) >= 11 is 0. The summed E-state index contributed by atoms with van der Waals surface area (Å²) in [7, 11) is 1.61. The third kappa shape index (κ3) is 2.65. The molecule has 0 aliphatic carbocycles. The summed E-state index contributed by atoms with van der Waals surface area (Å²) in [6.07, 6.45) is 4.70. The SMILES string of the molecule is CCOc1c(/C=N\n2cnnc2)cccc1OC. The fourth-order valence-corrected chi connectivity index (χ4v) is 1.48. The summed E-state index contributed by atoms with van der Waals surface area (Å²) in [5.74, 6) is 1.36. The van der Waals surface area contributed by atoms with Gasteiger partial charge in [0, 0.05) is 5.56 Å². The molecule has 6 nitrogen and oxygen atoms in total. The van der Waals surface area contributed by atoms with Gasteiger partial charge < -0.3 is 9.47 Å². The van der Waals surface area contributed by atoms with Crippen molar-refractivity contribution in [2.45, 2.75) is 6.92 Å². The molecule has 2 aromatic rings. The zero-order valence-corrected chi connectivity index (χ0v) is 10.3. The fourth-order valence-electron chi connectivity index (χ4n) is 1.48. The van der Waals surface area contributed by atoms with Crippen molar-refractivity contribution >= 4 is 6.21 Å². The molecule has 0 aliphatic heterocycles. The van der Waals surface area contributed by atoms with Gasteiger partial charge in [-0.2, -0.15) is 5.10 Å². The number of hydrogen-bond acceptors (Lipinski definition) is 5. The highest BCUT2D eigenvalue weighted by Gasteiger charge is 2.08. The predicted octanol–water partition coefficient (Wildman–Crippen LogP) is 1.57. The van der Waals surface area contributed by atoms with Crippen LogP contribution in [0.5, 0.6) is 11.5 Å². The van der Waals surface area contributed by atoms with Crippen LogP contribution in [-0.4, -0.2) is 34.8 Å². The summed E-state index contributed by atoms with van der Waals surface area (Å²) in [5, 5.41) is 11.5. The maximum absolute atomic E-state index is 5.57. The largest absolute Gasteiger partial charge is 0.493 e. The van der Waals surface area contributed by atoms with E-state index < -0.39 is 0 Å². The Bertz CT molecular complexity index is 523. The number of benzene rings is 1. The van der Waals surface area contributed by atoms with Crippen LogP contribution < -0.4 is 9.47 Å². The summed E-state index contributed by atoms with van der Waals surface area (Å²) in [5.41, 5.74) is 0.838. The summed E-state index contributed by atoms with van der Waals surface area (Å²) < 4.78 is 12.3. The quantitative estimate of drug-likeness (QED) is 0.751. The van der Waals surface area contributed by atoms with Gasteiger partial charge in [0.25, 0.3) is 0 Å². The average Bonchev–Trinajstić information content (AvgIpc) is 2.91. The van der Waals surface area contributed by atoms with Crippen molar-refractivity contribution in [3.63, 3.8) is 0 Å². The Morgan fingerprint density at radius 1 is 1.33 bits per heavy atom. The first-order valence-corrected chi connectivity index (χ1v) is 5.54. The van der Waals surface area contributed by atoms with Crippen LogP contribution in [0.25, 0.3) is 0 Å². The third-order valence-corrected chi connectivity index (χ3v) is 2.25. The van der Waals surface area contributed by atoms with Gasteiger partial charge in [-0.3, -0.25) is 0 Å². The Morgan fingerprint density at radius 2 is 2.11 bits per heavy atom. The van der Waals surface area contributed by atoms with Crippen molar-refractivity contribution in [3.05, 3.63) is 36.4 Å². The van der Waals surface area contributed by atoms with E-state index in [0.717, 1.165) is 5.56 Å². The van der Waals surface area contributed by atoms with Crippen LogP contribution in [0.4, 0.5) is 0 Å². The molecule has 1 heterocycles. The first kappa shape index (κ1) is 12.1. The predicted molar refractivity (Wildman–Crippen MR) is 67.2 cm³/mol. The lowest BCUT2D eigenvalue weighted by Crippen LogP contribution is -1.99. The molecule has 0 amide bonds. The monoisotopic (exact) mass is 246 g/mol. The second-order valence-corrected chi connectivity index (χ2v) is 3.40. The molecular formula is C12H14N4O2. The number of para-hydroxylation sites is 1. The molecule has 2 rings (SSSR count). The molecule has 0 unspecified atom stereocenters. The van der Waals surface area contributed by atoms with Crippen LogP contribution in [0.1, 0.15) is 12.5 Å². The van der Waals surface area contributed by atoms with Crippen LogP contribution in [-0.2, 0) is 0 Å². The van der Waals surface area contributed by atoms with E-state index in [2.05, 4.69) is 15.3 Å². The van der Waals surface area contributed by atoms with Gasteiger partial charge in [0.15, 0.2) is 11.5 Å². The van der Waals surface area contributed by atoms with E-state index in [1.54, 1.807) is 13.3 Å². The zero-order chi connectivity index (χ0) is 12.8. The summed E-state index contributed by atoms with van der Waals surface area (Å²) in [4.78, 5) is 0. The topological polar surface area (TPSA) is 61.5 Å². The molecule has 0 bridgehead atoms. The molecule has 0 aliphatic rings. The fraction of sp³-hybridized carbons (Fsp3) is 0.250. The first-order valence-electron chi connectivity index (χ1n) is 5.54. The van der Waals surface area contributed by atoms with Gasteiger partial charge in [0.1, 0.15) is 12.7 Å². The molecule has 1 aromatic carbocycles. The molecule has 0 spiro atoms. The van der Waals surface area contributed by atoms with Crippen molar-refractivity contribution in [1.82, 2.24) is 14.9 Å². The molecular weight excluding hydrogens is 232 g/mol. The minimum Gasteiger partial charge on any atom is -0.493 e. The average molecular weight is 246 g/mol. The van der Waals surface area contributed by atoms with Gasteiger partial charge in [0.2, 0.25) is 0 Å². The molecule has 18 heavy (non-hydrogen) atoms. The maximum atomic E-state index is 5.57. The minimum atomic E-state index is 0.563. The van der Waals surface area contributed by atoms with Gasteiger partial charge in [-0.05, 0) is 19.1 Å². The van der Waals surface area contributed by atoms with Crippen molar-refractivity contribution < 1.29 is 9.47 Å². The van der Waals surface area contributed by atoms with E-state index >= 15 is 0 Å². The Morgan fingerprint density at radius 3 is 2.78 bits per heavy atom. The van der Waals surface area contributed by atoms with Gasteiger partial charge in [-0.15, -0.1) is 10.2 Å². The minimum absolute atomic E-state index is 0.563. The number of hydrogen-bond donors (Lipinski definition) is 0. The van der Waals surface area contributed by atoms with Gasteiger partial charge in [-0.1, -0.05) is 6.07 Å². The lowest BCUT2D eigenvalue weighted by molar-refractivity contribution is 0.310. The van der Waals surface area contributed by atoms with Crippen molar-refractivity contribution in [2.24, 2.45) is 5.10 Å². The van der Waals surface area contributed by atoms with Crippen molar-refractivity contribution in [3.8, 4) is 11.5 Å². The molecule has 0 saturated heterocycles. The Balaban J connectivity index is 2.31. The number of ether oxygens (including phenoxy) is 2. The van der Waals surface area contributed by atoms with Crippen molar-refractivity contribution in [2.75, 3.05) is 13.7 Å². The Hall–Kier alpha value is -2.37. The molecule has 0 N–H and O–H groups in total. The summed E-state index contributed by atoms with van der Waals surface area (Å²) in [6.45, 7) is 2.49. The van der Waals surface area contributed by atoms with Crippen LogP contribution in [0.15, 0.2) is 36.0 Å². The second-order valence-electron chi connectivity index (χ2n) is 3.40. The molecule has 6 heteroatoms. The molecule has 94 valence electrons. The van der Waals surface area contributed by atoms with E-state index in [9.17, 15) is 0 Å². The van der Waals surface area contributed by atoms with Gasteiger partial charge in [-0.25, -0.2) is 4.68 Å². The first-order chi connectivity index (χ1) is 8.85. The number of nitrogens with zero attached hydrogens (tertiary/aromatic N) is 4. The molecule has 0 saturated carbocycles. The van der Waals surface area contributed by atoms with Crippen LogP contribution in [0.2, 0.25) is 0 Å². The highest BCUT2D eigenvalue weighted by atomic mass is 16.5. The smallest absolute Gasteiger partial charge is 0.169 e. The Labute approximate surface area is 105 Å². The summed E-state index contributed by atoms with van der Waals surface area (Å²) in [6, 6.07) is 5.64. The van der Waals surface area contributed by atoms with E-state index in [1.807, 2.05) is 25.1 Å². The number of rotatable bonds is 5. The van der Waals surface area contributed by atoms with E-state index in [-0.39, 0.29) is 0 Å². The highest BCUT2D eigenvalue weighted by Crippen LogP contribution is 2.29. The van der Waals surface area contributed by atoms with E-state index in [0.29, 0.717) is 18.1 Å². The van der Waals surface area contributed by atoms with E-state index in [1.165, 1.54) is 17.3 Å². The standard InChI is InChI=1S/C12H14N4O2/c1-3-18-12-10(5-4-6-11(12)17-2)7-15-16-8-13-14-9-16/h4-9H,3H2,1-2H3/b15-7-. The number of aromatic nitrogens is 3. The highest BCUT2D eigenvalue weighted by molar-refractivity contribution is 5.85. The molecule has 0 atom stereocenters. The zero-order valence-electron chi connectivity index (χ0n) is 10.3.